The lowest BCUT2D eigenvalue weighted by molar-refractivity contribution is -0.153. The third-order valence-corrected chi connectivity index (χ3v) is 2.62. The molecule has 0 unspecified atom stereocenters. The van der Waals surface area contributed by atoms with E-state index in [1.165, 1.54) is 7.11 Å². The van der Waals surface area contributed by atoms with E-state index in [-0.39, 0.29) is 6.61 Å². The van der Waals surface area contributed by atoms with Gasteiger partial charge in [0, 0.05) is 0 Å². The largest absolute Gasteiger partial charge is 0.509 e. The molecule has 2 N–H and O–H groups in total. The molecule has 0 aromatic heterocycles. The molecule has 0 saturated heterocycles. The van der Waals surface area contributed by atoms with Gasteiger partial charge >= 0.3 is 12.1 Å². The third kappa shape index (κ3) is 4.89. The van der Waals surface area contributed by atoms with Crippen molar-refractivity contribution in [3.63, 3.8) is 0 Å². The van der Waals surface area contributed by atoms with Crippen molar-refractivity contribution in [1.82, 2.24) is 0 Å². The van der Waals surface area contributed by atoms with Crippen LogP contribution < -0.4 is 5.73 Å². The van der Waals surface area contributed by atoms with Gasteiger partial charge < -0.3 is 19.9 Å². The van der Waals surface area contributed by atoms with Crippen LogP contribution in [0.2, 0.25) is 0 Å². The van der Waals surface area contributed by atoms with Crippen molar-refractivity contribution in [3.05, 3.63) is 35.9 Å². The van der Waals surface area contributed by atoms with Crippen LogP contribution in [0.25, 0.3) is 0 Å². The van der Waals surface area contributed by atoms with Crippen molar-refractivity contribution in [3.8, 4) is 0 Å². The van der Waals surface area contributed by atoms with Crippen LogP contribution in [-0.2, 0) is 25.4 Å². The molecule has 1 aromatic rings. The fourth-order valence-electron chi connectivity index (χ4n) is 1.68. The molecular weight excluding hydrogens is 262 g/mol. The van der Waals surface area contributed by atoms with Gasteiger partial charge in [-0.25, -0.2) is 9.59 Å². The number of benzene rings is 1. The first-order valence-electron chi connectivity index (χ1n) is 6.29. The Morgan fingerprint density at radius 3 is 2.45 bits per heavy atom. The zero-order chi connectivity index (χ0) is 15.0. The van der Waals surface area contributed by atoms with Gasteiger partial charge in [-0.05, 0) is 18.9 Å². The summed E-state index contributed by atoms with van der Waals surface area (Å²) >= 11 is 0. The maximum absolute atomic E-state index is 11.6. The van der Waals surface area contributed by atoms with E-state index < -0.39 is 24.3 Å². The van der Waals surface area contributed by atoms with Crippen molar-refractivity contribution in [1.29, 1.82) is 0 Å². The summed E-state index contributed by atoms with van der Waals surface area (Å²) in [5.41, 5.74) is 6.87. The van der Waals surface area contributed by atoms with E-state index >= 15 is 0 Å². The van der Waals surface area contributed by atoms with Crippen LogP contribution in [0.5, 0.6) is 0 Å². The van der Waals surface area contributed by atoms with Gasteiger partial charge in [0.1, 0.15) is 0 Å². The molecule has 1 rings (SSSR count). The van der Waals surface area contributed by atoms with E-state index in [9.17, 15) is 9.59 Å². The van der Waals surface area contributed by atoms with E-state index in [2.05, 4.69) is 9.47 Å². The Balaban J connectivity index is 2.71. The Morgan fingerprint density at radius 2 is 1.90 bits per heavy atom. The number of hydrogen-bond acceptors (Lipinski definition) is 6. The van der Waals surface area contributed by atoms with Gasteiger partial charge in [0.2, 0.25) is 6.10 Å². The summed E-state index contributed by atoms with van der Waals surface area (Å²) in [6, 6.07) is 8.64. The lowest BCUT2D eigenvalue weighted by Gasteiger charge is -2.21. The maximum atomic E-state index is 11.6. The number of methoxy groups -OCH3 is 1. The number of nitrogens with two attached hydrogens (primary N) is 1. The second-order valence-electron chi connectivity index (χ2n) is 4.10. The average molecular weight is 281 g/mol. The Labute approximate surface area is 117 Å². The molecule has 1 aromatic carbocycles. The molecule has 0 aliphatic heterocycles. The Kier molecular flexibility index (Phi) is 6.52. The minimum atomic E-state index is -1.20. The standard InChI is InChI=1S/C14H19NO5/c1-3-19-14(17)20-12(13(16)18-2)11(15)9-10-7-5-4-6-8-10/h4-8,11-12H,3,9,15H2,1-2H3/t11-,12+/m0/s1. The second kappa shape index (κ2) is 8.16. The van der Waals surface area contributed by atoms with Gasteiger partial charge in [-0.15, -0.1) is 0 Å². The van der Waals surface area contributed by atoms with Crippen LogP contribution in [0.15, 0.2) is 30.3 Å². The molecule has 0 saturated carbocycles. The molecule has 20 heavy (non-hydrogen) atoms. The number of carbonyl (C=O) groups excluding carboxylic acids is 2. The summed E-state index contributed by atoms with van der Waals surface area (Å²) < 4.78 is 14.2. The molecular formula is C14H19NO5. The van der Waals surface area contributed by atoms with Crippen molar-refractivity contribution in [2.75, 3.05) is 13.7 Å². The van der Waals surface area contributed by atoms with Crippen molar-refractivity contribution < 1.29 is 23.8 Å². The number of ether oxygens (including phenoxy) is 3. The quantitative estimate of drug-likeness (QED) is 0.790. The summed E-state index contributed by atoms with van der Waals surface area (Å²) in [7, 11) is 1.21. The van der Waals surface area contributed by atoms with Gasteiger partial charge in [0.25, 0.3) is 0 Å². The SMILES string of the molecule is CCOC(=O)O[C@@H](C(=O)OC)[C@@H](N)Cc1ccccc1. The first kappa shape index (κ1) is 16.0. The molecule has 6 heteroatoms. The monoisotopic (exact) mass is 281 g/mol. The molecule has 0 aliphatic carbocycles. The Hall–Kier alpha value is -2.08. The predicted octanol–water partition coefficient (Wildman–Crippen LogP) is 1.27. The van der Waals surface area contributed by atoms with Crippen molar-refractivity contribution in [2.24, 2.45) is 5.73 Å². The lowest BCUT2D eigenvalue weighted by atomic mass is 10.0. The van der Waals surface area contributed by atoms with Crippen LogP contribution in [0.3, 0.4) is 0 Å². The number of hydrogen-bond donors (Lipinski definition) is 1. The van der Waals surface area contributed by atoms with E-state index in [0.717, 1.165) is 5.56 Å². The zero-order valence-electron chi connectivity index (χ0n) is 11.6. The van der Waals surface area contributed by atoms with Gasteiger partial charge in [-0.2, -0.15) is 0 Å². The molecule has 0 radical (unpaired) electrons. The van der Waals surface area contributed by atoms with E-state index in [0.29, 0.717) is 6.42 Å². The predicted molar refractivity (Wildman–Crippen MR) is 72.0 cm³/mol. The molecule has 2 atom stereocenters. The van der Waals surface area contributed by atoms with E-state index in [1.54, 1.807) is 6.92 Å². The van der Waals surface area contributed by atoms with Gasteiger partial charge in [-0.3, -0.25) is 0 Å². The van der Waals surface area contributed by atoms with Crippen LogP contribution >= 0.6 is 0 Å². The first-order chi connectivity index (χ1) is 9.58. The fourth-order valence-corrected chi connectivity index (χ4v) is 1.68. The Bertz CT molecular complexity index is 434. The molecule has 110 valence electrons. The van der Waals surface area contributed by atoms with E-state index in [4.69, 9.17) is 10.5 Å². The molecule has 0 bridgehead atoms. The smallest absolute Gasteiger partial charge is 0.466 e. The number of esters is 1. The van der Waals surface area contributed by atoms with Gasteiger partial charge in [0.15, 0.2) is 0 Å². The highest BCUT2D eigenvalue weighted by Gasteiger charge is 2.31. The van der Waals surface area contributed by atoms with Crippen LogP contribution in [0.1, 0.15) is 12.5 Å². The summed E-state index contributed by atoms with van der Waals surface area (Å²) in [5, 5.41) is 0. The van der Waals surface area contributed by atoms with Crippen LogP contribution in [-0.4, -0.2) is 38.0 Å². The molecule has 0 spiro atoms. The molecule has 0 aliphatic rings. The summed E-state index contributed by atoms with van der Waals surface area (Å²) in [5.74, 6) is -0.707. The highest BCUT2D eigenvalue weighted by molar-refractivity contribution is 5.78. The minimum Gasteiger partial charge on any atom is -0.466 e. The zero-order valence-corrected chi connectivity index (χ0v) is 11.6. The average Bonchev–Trinajstić information content (AvgIpc) is 2.45. The van der Waals surface area contributed by atoms with Crippen molar-refractivity contribution >= 4 is 12.1 Å². The highest BCUT2D eigenvalue weighted by atomic mass is 16.7. The van der Waals surface area contributed by atoms with Crippen LogP contribution in [0.4, 0.5) is 4.79 Å². The lowest BCUT2D eigenvalue weighted by Crippen LogP contribution is -2.45. The minimum absolute atomic E-state index is 0.153. The number of rotatable bonds is 6. The molecule has 0 fully saturated rings. The molecule has 0 heterocycles. The Morgan fingerprint density at radius 1 is 1.25 bits per heavy atom. The maximum Gasteiger partial charge on any atom is 0.509 e. The summed E-state index contributed by atoms with van der Waals surface area (Å²) in [6.45, 7) is 1.79. The van der Waals surface area contributed by atoms with E-state index in [1.807, 2.05) is 30.3 Å². The highest BCUT2D eigenvalue weighted by Crippen LogP contribution is 2.09. The fraction of sp³-hybridized carbons (Fsp3) is 0.429. The molecule has 0 amide bonds. The summed E-state index contributed by atoms with van der Waals surface area (Å²) in [6.07, 6.45) is -1.76. The second-order valence-corrected chi connectivity index (χ2v) is 4.10. The summed E-state index contributed by atoms with van der Waals surface area (Å²) in [4.78, 5) is 23.0. The topological polar surface area (TPSA) is 87.8 Å². The van der Waals surface area contributed by atoms with Gasteiger partial charge in [-0.1, -0.05) is 30.3 Å². The normalized spacial score (nSPS) is 13.2. The van der Waals surface area contributed by atoms with Gasteiger partial charge in [0.05, 0.1) is 19.8 Å². The first-order valence-corrected chi connectivity index (χ1v) is 6.29. The molecule has 6 nitrogen and oxygen atoms in total. The van der Waals surface area contributed by atoms with Crippen LogP contribution in [0, 0.1) is 0 Å². The van der Waals surface area contributed by atoms with Crippen molar-refractivity contribution in [2.45, 2.75) is 25.5 Å². The number of carbonyl (C=O) groups is 2. The third-order valence-electron chi connectivity index (χ3n) is 2.62.